The lowest BCUT2D eigenvalue weighted by Crippen LogP contribution is -2.13. The second-order valence-corrected chi connectivity index (χ2v) is 10.1. The molecule has 0 aliphatic carbocycles. The normalized spacial score (nSPS) is 12.0. The molecular weight excluding hydrogens is 440 g/mol. The molecule has 0 bridgehead atoms. The quantitative estimate of drug-likeness (QED) is 0.306. The maximum absolute atomic E-state index is 13.4. The molecule has 3 N–H and O–H groups in total. The number of benzene rings is 2. The number of sulfone groups is 1. The Morgan fingerprint density at radius 3 is 2.60 bits per heavy atom. The summed E-state index contributed by atoms with van der Waals surface area (Å²) in [4.78, 5) is 14.6. The minimum Gasteiger partial charge on any atom is -0.463 e. The van der Waals surface area contributed by atoms with E-state index in [-0.39, 0.29) is 20.5 Å². The summed E-state index contributed by atoms with van der Waals surface area (Å²) in [6.07, 6.45) is 2.03. The maximum Gasteiger partial charge on any atom is 0.433 e. The fraction of sp³-hybridized carbons (Fsp3) is 0.0476. The van der Waals surface area contributed by atoms with Crippen molar-refractivity contribution >= 4 is 50.9 Å². The SMILES string of the molecule is C=Cc1ccccc1-c1cccc(S(=O)(=O)c2cc(/C(N)=N\C(=O)O)sc2SC)c1. The van der Waals surface area contributed by atoms with E-state index in [2.05, 4.69) is 11.6 Å². The molecule has 0 saturated heterocycles. The number of nitrogens with zero attached hydrogens (tertiary/aromatic N) is 1. The van der Waals surface area contributed by atoms with Crippen LogP contribution in [0, 0.1) is 0 Å². The van der Waals surface area contributed by atoms with Gasteiger partial charge in [-0.05, 0) is 41.1 Å². The predicted molar refractivity (Wildman–Crippen MR) is 122 cm³/mol. The van der Waals surface area contributed by atoms with E-state index in [0.717, 1.165) is 28.0 Å². The second kappa shape index (κ2) is 8.86. The van der Waals surface area contributed by atoms with Gasteiger partial charge in [-0.3, -0.25) is 0 Å². The van der Waals surface area contributed by atoms with Crippen LogP contribution in [-0.4, -0.2) is 31.7 Å². The van der Waals surface area contributed by atoms with Gasteiger partial charge in [0.2, 0.25) is 9.84 Å². The fourth-order valence-electron chi connectivity index (χ4n) is 2.87. The van der Waals surface area contributed by atoms with E-state index in [1.54, 1.807) is 24.5 Å². The van der Waals surface area contributed by atoms with Crippen LogP contribution in [0.15, 0.2) is 80.2 Å². The Hall–Kier alpha value is -2.88. The van der Waals surface area contributed by atoms with Crippen molar-refractivity contribution in [1.82, 2.24) is 0 Å². The molecule has 0 aliphatic rings. The Labute approximate surface area is 182 Å². The lowest BCUT2D eigenvalue weighted by Gasteiger charge is -2.09. The van der Waals surface area contributed by atoms with Crippen molar-refractivity contribution in [3.05, 3.63) is 71.6 Å². The number of rotatable bonds is 6. The van der Waals surface area contributed by atoms with Crippen LogP contribution in [0.3, 0.4) is 0 Å². The van der Waals surface area contributed by atoms with Crippen molar-refractivity contribution in [2.75, 3.05) is 6.26 Å². The van der Waals surface area contributed by atoms with Crippen LogP contribution in [0.5, 0.6) is 0 Å². The van der Waals surface area contributed by atoms with E-state index in [9.17, 15) is 13.2 Å². The summed E-state index contributed by atoms with van der Waals surface area (Å²) in [5.74, 6) is -0.238. The summed E-state index contributed by atoms with van der Waals surface area (Å²) in [7, 11) is -3.87. The van der Waals surface area contributed by atoms with Crippen LogP contribution in [-0.2, 0) is 9.84 Å². The zero-order chi connectivity index (χ0) is 21.9. The van der Waals surface area contributed by atoms with Gasteiger partial charge in [0.25, 0.3) is 0 Å². The highest BCUT2D eigenvalue weighted by Gasteiger charge is 2.25. The first-order valence-corrected chi connectivity index (χ1v) is 12.1. The van der Waals surface area contributed by atoms with Crippen molar-refractivity contribution in [3.63, 3.8) is 0 Å². The molecule has 3 aromatic rings. The van der Waals surface area contributed by atoms with Crippen molar-refractivity contribution < 1.29 is 18.3 Å². The largest absolute Gasteiger partial charge is 0.463 e. The molecule has 6 nitrogen and oxygen atoms in total. The number of thiophene rings is 1. The van der Waals surface area contributed by atoms with Crippen LogP contribution in [0.25, 0.3) is 17.2 Å². The summed E-state index contributed by atoms with van der Waals surface area (Å²) < 4.78 is 27.3. The van der Waals surface area contributed by atoms with Gasteiger partial charge in [0, 0.05) is 0 Å². The third-order valence-corrected chi connectivity index (χ3v) is 8.57. The fourth-order valence-corrected chi connectivity index (χ4v) is 6.81. The van der Waals surface area contributed by atoms with Crippen molar-refractivity contribution in [3.8, 4) is 11.1 Å². The first-order chi connectivity index (χ1) is 14.3. The monoisotopic (exact) mass is 458 g/mol. The molecule has 9 heteroatoms. The smallest absolute Gasteiger partial charge is 0.433 e. The van der Waals surface area contributed by atoms with E-state index in [1.165, 1.54) is 23.9 Å². The van der Waals surface area contributed by atoms with Crippen molar-refractivity contribution in [2.24, 2.45) is 10.7 Å². The molecule has 0 fully saturated rings. The lowest BCUT2D eigenvalue weighted by molar-refractivity contribution is 0.205. The van der Waals surface area contributed by atoms with E-state index < -0.39 is 15.9 Å². The Balaban J connectivity index is 2.12. The molecule has 2 aromatic carbocycles. The Bertz CT molecular complexity index is 1260. The van der Waals surface area contributed by atoms with Crippen LogP contribution >= 0.6 is 23.1 Å². The van der Waals surface area contributed by atoms with Gasteiger partial charge in [-0.1, -0.05) is 49.1 Å². The molecule has 0 aliphatic heterocycles. The van der Waals surface area contributed by atoms with E-state index in [0.29, 0.717) is 4.21 Å². The first-order valence-electron chi connectivity index (χ1n) is 8.60. The third kappa shape index (κ3) is 4.33. The summed E-state index contributed by atoms with van der Waals surface area (Å²) in [5, 5.41) is 8.80. The molecule has 1 aromatic heterocycles. The number of hydrogen-bond donors (Lipinski definition) is 2. The van der Waals surface area contributed by atoms with Gasteiger partial charge < -0.3 is 10.8 Å². The summed E-state index contributed by atoms with van der Waals surface area (Å²) in [5.41, 5.74) is 8.23. The molecule has 0 saturated carbocycles. The molecule has 0 unspecified atom stereocenters. The lowest BCUT2D eigenvalue weighted by atomic mass is 10.00. The molecule has 0 atom stereocenters. The van der Waals surface area contributed by atoms with Gasteiger partial charge in [0.1, 0.15) is 5.84 Å². The summed E-state index contributed by atoms with van der Waals surface area (Å²) in [6.45, 7) is 3.81. The number of carbonyl (C=O) groups is 1. The molecule has 1 heterocycles. The topological polar surface area (TPSA) is 110 Å². The number of hydrogen-bond acceptors (Lipinski definition) is 5. The second-order valence-electron chi connectivity index (χ2n) is 6.07. The highest BCUT2D eigenvalue weighted by atomic mass is 32.2. The van der Waals surface area contributed by atoms with E-state index >= 15 is 0 Å². The molecule has 0 spiro atoms. The van der Waals surface area contributed by atoms with E-state index in [1.807, 2.05) is 30.3 Å². The zero-order valence-electron chi connectivity index (χ0n) is 15.9. The van der Waals surface area contributed by atoms with E-state index in [4.69, 9.17) is 10.8 Å². The van der Waals surface area contributed by atoms with Gasteiger partial charge in [0.15, 0.2) is 0 Å². The predicted octanol–water partition coefficient (Wildman–Crippen LogP) is 5.00. The van der Waals surface area contributed by atoms with Gasteiger partial charge in [0.05, 0.1) is 18.9 Å². The molecule has 0 radical (unpaired) electrons. The minimum atomic E-state index is -3.87. The van der Waals surface area contributed by atoms with Gasteiger partial charge >= 0.3 is 6.09 Å². The molecular formula is C21H18N2O4S3. The molecule has 154 valence electrons. The van der Waals surface area contributed by atoms with Crippen LogP contribution in [0.1, 0.15) is 10.4 Å². The number of amides is 1. The Morgan fingerprint density at radius 2 is 1.93 bits per heavy atom. The molecule has 3 rings (SSSR count). The number of nitrogens with two attached hydrogens (primary N) is 1. The van der Waals surface area contributed by atoms with Crippen LogP contribution in [0.2, 0.25) is 0 Å². The van der Waals surface area contributed by atoms with Gasteiger partial charge in [-0.25, -0.2) is 13.2 Å². The molecule has 1 amide bonds. The maximum atomic E-state index is 13.4. The minimum absolute atomic E-state index is 0.0766. The summed E-state index contributed by atoms with van der Waals surface area (Å²) >= 11 is 2.34. The summed E-state index contributed by atoms with van der Waals surface area (Å²) in [6, 6.07) is 15.6. The number of aliphatic imine (C=N–C) groups is 1. The number of amidine groups is 1. The Kier molecular flexibility index (Phi) is 6.45. The molecule has 30 heavy (non-hydrogen) atoms. The van der Waals surface area contributed by atoms with Crippen LogP contribution in [0.4, 0.5) is 4.79 Å². The van der Waals surface area contributed by atoms with Crippen molar-refractivity contribution in [2.45, 2.75) is 14.0 Å². The third-order valence-electron chi connectivity index (χ3n) is 4.25. The Morgan fingerprint density at radius 1 is 1.20 bits per heavy atom. The first kappa shape index (κ1) is 21.8. The van der Waals surface area contributed by atoms with Crippen molar-refractivity contribution in [1.29, 1.82) is 0 Å². The number of thioether (sulfide) groups is 1. The average Bonchev–Trinajstić information content (AvgIpc) is 3.19. The van der Waals surface area contributed by atoms with Gasteiger partial charge in [-0.15, -0.1) is 23.1 Å². The standard InChI is InChI=1S/C21H18N2O4S3/c1-3-13-7-4-5-10-16(13)14-8-6-9-15(11-14)30(26,27)18-12-17(29-20(18)28-2)19(22)23-21(24)25/h3-12H,1H2,2H3,(H2,22,23)(H,24,25). The van der Waals surface area contributed by atoms with Crippen LogP contribution < -0.4 is 5.73 Å². The number of carboxylic acid groups (broad SMARTS) is 1. The highest BCUT2D eigenvalue weighted by molar-refractivity contribution is 8.01. The van der Waals surface area contributed by atoms with Gasteiger partial charge in [-0.2, -0.15) is 4.99 Å². The highest BCUT2D eigenvalue weighted by Crippen LogP contribution is 2.38. The zero-order valence-corrected chi connectivity index (χ0v) is 18.4. The average molecular weight is 459 g/mol.